The molecule has 0 aliphatic heterocycles. The van der Waals surface area contributed by atoms with E-state index in [1.54, 1.807) is 18.2 Å². The molecule has 0 spiro atoms. The van der Waals surface area contributed by atoms with Gasteiger partial charge in [0.2, 0.25) is 11.0 Å². The van der Waals surface area contributed by atoms with Crippen LogP contribution < -0.4 is 5.32 Å². The van der Waals surface area contributed by atoms with E-state index in [1.807, 2.05) is 12.1 Å². The number of halogens is 1. The van der Waals surface area contributed by atoms with E-state index in [-0.39, 0.29) is 10.0 Å². The number of rotatable bonds is 4. The largest absolute Gasteiger partial charge is 0.300 e. The molecule has 3 rings (SSSR count). The molecular weight excluding hydrogens is 402 g/mol. The van der Waals surface area contributed by atoms with Gasteiger partial charge in [-0.15, -0.1) is 10.2 Å². The Balaban J connectivity index is 1.94. The Bertz CT molecular complexity index is 972. The number of hydrogen-bond donors (Lipinski definition) is 1. The molecule has 0 aliphatic rings. The molecule has 118 valence electrons. The highest BCUT2D eigenvalue weighted by Gasteiger charge is 2.22. The van der Waals surface area contributed by atoms with Crippen LogP contribution in [0.15, 0.2) is 51.3 Å². The predicted octanol–water partition coefficient (Wildman–Crippen LogP) is 2.87. The van der Waals surface area contributed by atoms with Crippen LogP contribution in [0.3, 0.4) is 0 Å². The van der Waals surface area contributed by atoms with Crippen molar-refractivity contribution in [2.75, 3.05) is 11.1 Å². The number of carbonyl (C=O) groups excluding carboxylic acids is 1. The van der Waals surface area contributed by atoms with Crippen molar-refractivity contribution in [1.82, 2.24) is 10.2 Å². The highest BCUT2D eigenvalue weighted by molar-refractivity contribution is 9.10. The molecule has 1 heterocycles. The zero-order chi connectivity index (χ0) is 16.4. The van der Waals surface area contributed by atoms with E-state index in [9.17, 15) is 13.2 Å². The number of nitrogens with one attached hydrogen (secondary N) is 1. The minimum absolute atomic E-state index is 0.128. The van der Waals surface area contributed by atoms with E-state index >= 15 is 0 Å². The van der Waals surface area contributed by atoms with Crippen LogP contribution in [0.5, 0.6) is 0 Å². The summed E-state index contributed by atoms with van der Waals surface area (Å²) in [6.45, 7) is 0. The number of aromatic nitrogens is 2. The topological polar surface area (TPSA) is 89.0 Å². The molecule has 0 aliphatic carbocycles. The number of benzene rings is 2. The highest BCUT2D eigenvalue weighted by Crippen LogP contribution is 2.30. The van der Waals surface area contributed by atoms with Gasteiger partial charge in [0.05, 0.1) is 4.90 Å². The van der Waals surface area contributed by atoms with E-state index in [4.69, 9.17) is 0 Å². The summed E-state index contributed by atoms with van der Waals surface area (Å²) in [5.74, 6) is -1.30. The molecule has 0 atom stereocenters. The monoisotopic (exact) mass is 411 g/mol. The van der Waals surface area contributed by atoms with Crippen LogP contribution in [0, 0.1) is 0 Å². The summed E-state index contributed by atoms with van der Waals surface area (Å²) >= 11 is 4.52. The van der Waals surface area contributed by atoms with Crippen LogP contribution >= 0.6 is 27.3 Å². The second kappa shape index (κ2) is 6.34. The molecule has 0 radical (unpaired) electrons. The average Bonchev–Trinajstić information content (AvgIpc) is 2.99. The fraction of sp³-hybridized carbons (Fsp3) is 0.0714. The van der Waals surface area contributed by atoms with Crippen LogP contribution in [0.2, 0.25) is 0 Å². The fourth-order valence-corrected chi connectivity index (χ4v) is 4.44. The molecule has 0 saturated carbocycles. The molecule has 1 amide bonds. The number of nitrogens with zero attached hydrogens (tertiary/aromatic N) is 2. The quantitative estimate of drug-likeness (QED) is 0.712. The Hall–Kier alpha value is -1.84. The van der Waals surface area contributed by atoms with Gasteiger partial charge in [0, 0.05) is 9.86 Å². The minimum atomic E-state index is -3.78. The van der Waals surface area contributed by atoms with Crippen molar-refractivity contribution < 1.29 is 13.2 Å². The SMILES string of the molecule is O=C(CS(=O)(=O)c1ccc(Br)c2ccccc12)Nc1nncs1. The van der Waals surface area contributed by atoms with Gasteiger partial charge in [-0.3, -0.25) is 10.1 Å². The lowest BCUT2D eigenvalue weighted by atomic mass is 10.1. The molecular formula is C14H10BrN3O3S2. The van der Waals surface area contributed by atoms with E-state index in [2.05, 4.69) is 31.4 Å². The van der Waals surface area contributed by atoms with Crippen molar-refractivity contribution in [2.24, 2.45) is 0 Å². The van der Waals surface area contributed by atoms with Gasteiger partial charge in [-0.05, 0) is 17.5 Å². The first-order valence-corrected chi connectivity index (χ1v) is 9.76. The molecule has 9 heteroatoms. The maximum Gasteiger partial charge on any atom is 0.241 e. The molecule has 1 N–H and O–H groups in total. The first kappa shape index (κ1) is 16.0. The maximum atomic E-state index is 12.6. The van der Waals surface area contributed by atoms with E-state index in [1.165, 1.54) is 11.6 Å². The molecule has 23 heavy (non-hydrogen) atoms. The maximum absolute atomic E-state index is 12.6. The van der Waals surface area contributed by atoms with Crippen LogP contribution in [-0.2, 0) is 14.6 Å². The summed E-state index contributed by atoms with van der Waals surface area (Å²) in [7, 11) is -3.78. The van der Waals surface area contributed by atoms with Gasteiger partial charge < -0.3 is 0 Å². The second-order valence-electron chi connectivity index (χ2n) is 4.64. The highest BCUT2D eigenvalue weighted by atomic mass is 79.9. The van der Waals surface area contributed by atoms with Gasteiger partial charge in [0.15, 0.2) is 9.84 Å². The summed E-state index contributed by atoms with van der Waals surface area (Å²) < 4.78 is 26.0. The standard InChI is InChI=1S/C14H10BrN3O3S2/c15-11-5-6-12(10-4-2-1-3-9(10)11)23(20,21)7-13(19)17-14-18-16-8-22-14/h1-6,8H,7H2,(H,17,18,19). The normalized spacial score (nSPS) is 11.5. The number of sulfone groups is 1. The zero-order valence-electron chi connectivity index (χ0n) is 11.6. The van der Waals surface area contributed by atoms with E-state index < -0.39 is 21.5 Å². The summed E-state index contributed by atoms with van der Waals surface area (Å²) in [5.41, 5.74) is 1.45. The molecule has 1 aromatic heterocycles. The fourth-order valence-electron chi connectivity index (χ4n) is 2.14. The van der Waals surface area contributed by atoms with Gasteiger partial charge >= 0.3 is 0 Å². The summed E-state index contributed by atoms with van der Waals surface area (Å²) in [4.78, 5) is 12.1. The van der Waals surface area contributed by atoms with Gasteiger partial charge in [0.1, 0.15) is 11.3 Å². The second-order valence-corrected chi connectivity index (χ2v) is 8.29. The lowest BCUT2D eigenvalue weighted by Crippen LogP contribution is -2.23. The zero-order valence-corrected chi connectivity index (χ0v) is 14.8. The first-order valence-electron chi connectivity index (χ1n) is 6.43. The molecule has 2 aromatic carbocycles. The third-order valence-electron chi connectivity index (χ3n) is 3.09. The van der Waals surface area contributed by atoms with Gasteiger partial charge in [-0.1, -0.05) is 51.5 Å². The van der Waals surface area contributed by atoms with Crippen LogP contribution in [0.4, 0.5) is 5.13 Å². The number of carbonyl (C=O) groups is 1. The molecule has 0 saturated heterocycles. The van der Waals surface area contributed by atoms with Crippen molar-refractivity contribution in [3.8, 4) is 0 Å². The average molecular weight is 412 g/mol. The number of hydrogen-bond acceptors (Lipinski definition) is 6. The smallest absolute Gasteiger partial charge is 0.241 e. The molecule has 6 nitrogen and oxygen atoms in total. The molecule has 3 aromatic rings. The van der Waals surface area contributed by atoms with Gasteiger partial charge in [-0.25, -0.2) is 8.42 Å². The van der Waals surface area contributed by atoms with Crippen LogP contribution in [0.1, 0.15) is 0 Å². The van der Waals surface area contributed by atoms with Gasteiger partial charge in [0.25, 0.3) is 0 Å². The van der Waals surface area contributed by atoms with E-state index in [0.29, 0.717) is 5.39 Å². The molecule has 0 bridgehead atoms. The Morgan fingerprint density at radius 1 is 1.17 bits per heavy atom. The number of fused-ring (bicyclic) bond motifs is 1. The van der Waals surface area contributed by atoms with Crippen molar-refractivity contribution in [1.29, 1.82) is 0 Å². The number of amides is 1. The molecule has 0 unspecified atom stereocenters. The number of anilines is 1. The van der Waals surface area contributed by atoms with E-state index in [0.717, 1.165) is 21.2 Å². The van der Waals surface area contributed by atoms with Crippen LogP contribution in [0.25, 0.3) is 10.8 Å². The Kier molecular flexibility index (Phi) is 4.42. The predicted molar refractivity (Wildman–Crippen MR) is 92.2 cm³/mol. The Morgan fingerprint density at radius 3 is 2.61 bits per heavy atom. The van der Waals surface area contributed by atoms with Crippen molar-refractivity contribution in [3.05, 3.63) is 46.4 Å². The first-order chi connectivity index (χ1) is 11.0. The Labute approximate surface area is 144 Å². The van der Waals surface area contributed by atoms with Crippen LogP contribution in [-0.4, -0.2) is 30.3 Å². The third-order valence-corrected chi connectivity index (χ3v) is 6.06. The summed E-state index contributed by atoms with van der Waals surface area (Å²) in [6, 6.07) is 10.3. The molecule has 0 fully saturated rings. The minimum Gasteiger partial charge on any atom is -0.300 e. The lowest BCUT2D eigenvalue weighted by Gasteiger charge is -2.09. The lowest BCUT2D eigenvalue weighted by molar-refractivity contribution is -0.113. The summed E-state index contributed by atoms with van der Waals surface area (Å²) in [5, 5.41) is 11.3. The Morgan fingerprint density at radius 2 is 1.91 bits per heavy atom. The van der Waals surface area contributed by atoms with Crippen molar-refractivity contribution in [2.45, 2.75) is 4.90 Å². The third kappa shape index (κ3) is 3.41. The van der Waals surface area contributed by atoms with Crippen molar-refractivity contribution >= 4 is 58.9 Å². The summed E-state index contributed by atoms with van der Waals surface area (Å²) in [6.07, 6.45) is 0. The van der Waals surface area contributed by atoms with Crippen molar-refractivity contribution in [3.63, 3.8) is 0 Å². The van der Waals surface area contributed by atoms with Gasteiger partial charge in [-0.2, -0.15) is 0 Å².